The van der Waals surface area contributed by atoms with Gasteiger partial charge in [-0.15, -0.1) is 13.2 Å². The molecule has 4 rings (SSSR count). The van der Waals surface area contributed by atoms with Crippen molar-refractivity contribution in [2.45, 2.75) is 206 Å². The van der Waals surface area contributed by atoms with Crippen LogP contribution in [0.5, 0.6) is 0 Å². The molecule has 4 aliphatic rings. The molecule has 348 valence electrons. The Kier molecular flexibility index (Phi) is 37.5. The van der Waals surface area contributed by atoms with Crippen molar-refractivity contribution < 1.29 is 31.6 Å². The minimum Gasteiger partial charge on any atom is -0.347 e. The van der Waals surface area contributed by atoms with E-state index < -0.39 is 0 Å². The van der Waals surface area contributed by atoms with Crippen LogP contribution in [0.15, 0.2) is 13.2 Å². The summed E-state index contributed by atoms with van der Waals surface area (Å²) in [4.78, 5) is 70.3. The minimum absolute atomic E-state index is 0. The van der Waals surface area contributed by atoms with E-state index in [1.54, 1.807) is 13.8 Å². The van der Waals surface area contributed by atoms with Crippen molar-refractivity contribution in [2.24, 2.45) is 40.9 Å². The fraction of sp³-hybridized carbons (Fsp3) is 0.796. The number of rotatable bonds is 12. The maximum absolute atomic E-state index is 12.7. The number of carbonyl (C=O) groups excluding carboxylic acids is 6. The zero-order valence-electron chi connectivity index (χ0n) is 40.9. The predicted octanol–water partition coefficient (Wildman–Crippen LogP) is 12.0. The highest BCUT2D eigenvalue weighted by atomic mass is 16.2. The second-order valence-electron chi connectivity index (χ2n) is 16.8. The molecule has 0 aromatic rings. The van der Waals surface area contributed by atoms with Gasteiger partial charge in [0.1, 0.15) is 11.5 Å². The highest BCUT2D eigenvalue weighted by Gasteiger charge is 2.48. The third kappa shape index (κ3) is 26.5. The molecule has 1 saturated heterocycles. The number of carbonyl (C=O) groups is 6. The Morgan fingerprint density at radius 3 is 1.68 bits per heavy atom. The summed E-state index contributed by atoms with van der Waals surface area (Å²) >= 11 is 0. The van der Waals surface area contributed by atoms with Crippen molar-refractivity contribution in [1.29, 1.82) is 10.8 Å². The number of hydrogen-bond acceptors (Lipinski definition) is 8. The number of fused-ring (bicyclic) bond motifs is 1. The predicted molar refractivity (Wildman–Crippen MR) is 254 cm³/mol. The van der Waals surface area contributed by atoms with Gasteiger partial charge in [0.15, 0.2) is 11.6 Å². The molecule has 6 atom stereocenters. The maximum atomic E-state index is 12.7. The van der Waals surface area contributed by atoms with E-state index in [9.17, 15) is 28.8 Å². The van der Waals surface area contributed by atoms with Crippen LogP contribution < -0.4 is 5.32 Å². The van der Waals surface area contributed by atoms with Gasteiger partial charge >= 0.3 is 0 Å². The van der Waals surface area contributed by atoms with E-state index in [0.29, 0.717) is 29.5 Å². The highest BCUT2D eigenvalue weighted by Crippen LogP contribution is 2.43. The van der Waals surface area contributed by atoms with E-state index in [-0.39, 0.29) is 67.1 Å². The standard InChI is InChI=1S/C17H29NO2.C10H17NO2.C10H18O.C4H6N2O.3C2H6.C2H4.2H2/c1-11(9-17(3,4)5)16(20)18-10-13-7-6-8-14(13)15(18)12(2)19;1-3-4-7(2)9(12)10(13)11-8-5-6-8;1-8(9(2)11)10-6-4-3-5-7-10;1-3(7)4(6)2-5;4*1-2;;/h11,13-15H,6-10H2,1-5H3;7-8H,3-6H2,1-2H3,(H,11,13);8,10H,3-7H2,1-2H3;2,5-6H,1H3;3*1-2H3;1-2H2;2*1H/t11-,13?,14-,15+;7-;8-;;;;;;;/m011......./s1. The summed E-state index contributed by atoms with van der Waals surface area (Å²) < 4.78 is 0. The number of nitrogens with one attached hydrogen (secondary N) is 3. The SMILES string of the molecule is C=C.CC.CC.CC.CC(=O)C(=N)C=N.CC(=O)[C@@H](C)C1CCCCC1.CC(=O)[C@@H]1[C@H]2CCCC2CN1C(=O)[C@@H](C)CC(C)(C)C.CCC[C@@H](C)C(=O)C(=O)NC1CC1.[HH].[HH]. The van der Waals surface area contributed by atoms with Crippen LogP contribution >= 0.6 is 0 Å². The molecule has 0 aromatic carbocycles. The number of ketones is 4. The molecule has 3 saturated carbocycles. The van der Waals surface area contributed by atoms with Gasteiger partial charge in [0.25, 0.3) is 5.91 Å². The smallest absolute Gasteiger partial charge is 0.287 e. The van der Waals surface area contributed by atoms with Crippen LogP contribution in [-0.4, -0.2) is 70.4 Å². The van der Waals surface area contributed by atoms with Gasteiger partial charge in [-0.1, -0.05) is 122 Å². The summed E-state index contributed by atoms with van der Waals surface area (Å²) in [5.41, 5.74) is -0.101. The van der Waals surface area contributed by atoms with Crippen molar-refractivity contribution in [1.82, 2.24) is 10.2 Å². The molecule has 0 aromatic heterocycles. The molecule has 0 spiro atoms. The van der Waals surface area contributed by atoms with Crippen LogP contribution in [0.2, 0.25) is 0 Å². The molecule has 1 aliphatic heterocycles. The number of Topliss-reactive ketones (excluding diaryl/α,β-unsaturated/α-hetero) is 4. The Hall–Kier alpha value is -3.30. The summed E-state index contributed by atoms with van der Waals surface area (Å²) in [6.07, 6.45) is 15.5. The van der Waals surface area contributed by atoms with E-state index in [2.05, 4.69) is 46.2 Å². The van der Waals surface area contributed by atoms with E-state index in [4.69, 9.17) is 10.8 Å². The fourth-order valence-corrected chi connectivity index (χ4v) is 7.68. The van der Waals surface area contributed by atoms with Crippen molar-refractivity contribution in [3.8, 4) is 0 Å². The van der Waals surface area contributed by atoms with Crippen molar-refractivity contribution in [2.75, 3.05) is 6.54 Å². The minimum atomic E-state index is -0.386. The first-order valence-corrected chi connectivity index (χ1v) is 23.0. The summed E-state index contributed by atoms with van der Waals surface area (Å²) in [6.45, 7) is 37.9. The van der Waals surface area contributed by atoms with Gasteiger partial charge in [-0.2, -0.15) is 0 Å². The second-order valence-corrected chi connectivity index (χ2v) is 16.8. The molecule has 0 radical (unpaired) electrons. The van der Waals surface area contributed by atoms with E-state index in [1.165, 1.54) is 51.9 Å². The van der Waals surface area contributed by atoms with Gasteiger partial charge < -0.3 is 15.6 Å². The van der Waals surface area contributed by atoms with Crippen LogP contribution in [0, 0.1) is 51.7 Å². The normalized spacial score (nSPS) is 20.1. The van der Waals surface area contributed by atoms with Gasteiger partial charge in [-0.3, -0.25) is 34.2 Å². The zero-order chi connectivity index (χ0) is 47.1. The molecule has 10 nitrogen and oxygen atoms in total. The Labute approximate surface area is 365 Å². The molecule has 2 amide bonds. The van der Waals surface area contributed by atoms with Crippen LogP contribution in [0.25, 0.3) is 0 Å². The van der Waals surface area contributed by atoms with Crippen LogP contribution in [-0.2, 0) is 28.8 Å². The molecule has 1 heterocycles. The molecular formula is C49H96N4O6. The topological polar surface area (TPSA) is 165 Å². The Balaban J connectivity index is -0.000000163. The first-order chi connectivity index (χ1) is 27.7. The maximum Gasteiger partial charge on any atom is 0.287 e. The van der Waals surface area contributed by atoms with E-state index >= 15 is 0 Å². The second kappa shape index (κ2) is 35.5. The first-order valence-electron chi connectivity index (χ1n) is 23.0. The molecule has 4 fully saturated rings. The molecule has 59 heavy (non-hydrogen) atoms. The van der Waals surface area contributed by atoms with Gasteiger partial charge in [0.2, 0.25) is 11.7 Å². The summed E-state index contributed by atoms with van der Waals surface area (Å²) in [7, 11) is 0. The Morgan fingerprint density at radius 2 is 1.31 bits per heavy atom. The quantitative estimate of drug-likeness (QED) is 0.101. The molecule has 10 heteroatoms. The van der Waals surface area contributed by atoms with Gasteiger partial charge in [0, 0.05) is 46.3 Å². The Morgan fingerprint density at radius 1 is 0.797 bits per heavy atom. The Bertz CT molecular complexity index is 1240. The third-order valence-corrected chi connectivity index (χ3v) is 10.8. The van der Waals surface area contributed by atoms with Crippen molar-refractivity contribution in [3.63, 3.8) is 0 Å². The lowest BCUT2D eigenvalue weighted by Crippen LogP contribution is -2.45. The lowest BCUT2D eigenvalue weighted by Gasteiger charge is -2.30. The summed E-state index contributed by atoms with van der Waals surface area (Å²) in [5, 5.41) is 15.7. The fourth-order valence-electron chi connectivity index (χ4n) is 7.68. The van der Waals surface area contributed by atoms with E-state index in [1.807, 2.05) is 67.2 Å². The first kappa shape index (κ1) is 62.4. The number of nitrogens with zero attached hydrogens (tertiary/aromatic N) is 1. The molecule has 1 unspecified atom stereocenters. The van der Waals surface area contributed by atoms with Crippen LogP contribution in [0.1, 0.15) is 197 Å². The van der Waals surface area contributed by atoms with Gasteiger partial charge in [-0.05, 0) is 88.4 Å². The number of amides is 2. The lowest BCUT2D eigenvalue weighted by molar-refractivity contribution is -0.141. The molecule has 3 aliphatic carbocycles. The van der Waals surface area contributed by atoms with Crippen molar-refractivity contribution in [3.05, 3.63) is 13.2 Å². The molecule has 3 N–H and O–H groups in total. The van der Waals surface area contributed by atoms with Crippen molar-refractivity contribution >= 4 is 46.9 Å². The average Bonchev–Trinajstić information content (AvgIpc) is 3.80. The number of likely N-dealkylation sites (tertiary alicyclic amines) is 1. The average molecular weight is 837 g/mol. The van der Waals surface area contributed by atoms with Gasteiger partial charge in [-0.25, -0.2) is 0 Å². The highest BCUT2D eigenvalue weighted by molar-refractivity contribution is 6.59. The summed E-state index contributed by atoms with van der Waals surface area (Å²) in [5.74, 6) is 1.62. The zero-order valence-corrected chi connectivity index (χ0v) is 40.9. The van der Waals surface area contributed by atoms with Gasteiger partial charge in [0.05, 0.1) is 6.04 Å². The molecule has 0 bridgehead atoms. The largest absolute Gasteiger partial charge is 0.347 e. The van der Waals surface area contributed by atoms with Crippen LogP contribution in [0.3, 0.4) is 0 Å². The monoisotopic (exact) mass is 837 g/mol. The van der Waals surface area contributed by atoms with E-state index in [0.717, 1.165) is 51.3 Å². The molecular weight excluding hydrogens is 741 g/mol. The lowest BCUT2D eigenvalue weighted by atomic mass is 9.79. The summed E-state index contributed by atoms with van der Waals surface area (Å²) in [6, 6.07) is 0.141. The van der Waals surface area contributed by atoms with Crippen LogP contribution in [0.4, 0.5) is 0 Å². The third-order valence-electron chi connectivity index (χ3n) is 10.8. The number of hydrogen-bond donors (Lipinski definition) is 3.